The minimum absolute atomic E-state index is 0.0289. The molecule has 0 aliphatic rings. The topological polar surface area (TPSA) is 46.6 Å². The van der Waals surface area contributed by atoms with Gasteiger partial charge in [0, 0.05) is 13.6 Å². The van der Waals surface area contributed by atoms with Crippen molar-refractivity contribution in [2.75, 3.05) is 20.2 Å². The first-order valence-corrected chi connectivity index (χ1v) is 8.33. The number of halogens is 2. The first-order valence-electron chi connectivity index (χ1n) is 6.51. The molecule has 0 saturated heterocycles. The van der Waals surface area contributed by atoms with E-state index in [1.165, 1.54) is 31.3 Å². The summed E-state index contributed by atoms with van der Waals surface area (Å²) in [5, 5.41) is 0.157. The summed E-state index contributed by atoms with van der Waals surface area (Å²) in [6.07, 6.45) is 0. The average Bonchev–Trinajstić information content (AvgIpc) is 2.49. The Kier molecular flexibility index (Phi) is 5.39. The maximum absolute atomic E-state index is 13.4. The second kappa shape index (κ2) is 7.09. The molecule has 2 aromatic rings. The van der Waals surface area contributed by atoms with Crippen molar-refractivity contribution in [3.8, 4) is 5.75 Å². The molecule has 0 aliphatic heterocycles. The van der Waals surface area contributed by atoms with E-state index in [2.05, 4.69) is 0 Å². The van der Waals surface area contributed by atoms with Crippen LogP contribution in [0.1, 0.15) is 0 Å². The minimum atomic E-state index is -3.71. The van der Waals surface area contributed by atoms with Gasteiger partial charge in [-0.05, 0) is 24.3 Å². The van der Waals surface area contributed by atoms with E-state index in [4.69, 9.17) is 16.3 Å². The Morgan fingerprint density at radius 2 is 1.77 bits per heavy atom. The second-order valence-corrected chi connectivity index (χ2v) is 6.96. The molecule has 0 spiro atoms. The van der Waals surface area contributed by atoms with E-state index in [9.17, 15) is 12.8 Å². The van der Waals surface area contributed by atoms with Gasteiger partial charge < -0.3 is 4.74 Å². The third-order valence-corrected chi connectivity index (χ3v) is 5.38. The van der Waals surface area contributed by atoms with Gasteiger partial charge in [0.25, 0.3) is 0 Å². The van der Waals surface area contributed by atoms with Gasteiger partial charge in [-0.15, -0.1) is 0 Å². The summed E-state index contributed by atoms with van der Waals surface area (Å²) in [6.45, 7) is 0.100. The van der Waals surface area contributed by atoms with Gasteiger partial charge in [0.15, 0.2) is 11.6 Å². The van der Waals surface area contributed by atoms with Gasteiger partial charge in [-0.2, -0.15) is 4.31 Å². The third kappa shape index (κ3) is 3.76. The van der Waals surface area contributed by atoms with Crippen LogP contribution in [0.3, 0.4) is 0 Å². The SMILES string of the molecule is CN(CCOc1ccccc1F)S(=O)(=O)c1ccccc1Cl. The van der Waals surface area contributed by atoms with Gasteiger partial charge in [0.05, 0.1) is 5.02 Å². The lowest BCUT2D eigenvalue weighted by molar-refractivity contribution is 0.275. The fourth-order valence-corrected chi connectivity index (χ4v) is 3.43. The number of benzene rings is 2. The monoisotopic (exact) mass is 343 g/mol. The van der Waals surface area contributed by atoms with Crippen LogP contribution in [0.4, 0.5) is 4.39 Å². The molecule has 0 amide bonds. The van der Waals surface area contributed by atoms with Crippen molar-refractivity contribution in [3.63, 3.8) is 0 Å². The molecule has 7 heteroatoms. The zero-order chi connectivity index (χ0) is 16.2. The lowest BCUT2D eigenvalue weighted by Gasteiger charge is -2.18. The van der Waals surface area contributed by atoms with Gasteiger partial charge in [-0.25, -0.2) is 12.8 Å². The fraction of sp³-hybridized carbons (Fsp3) is 0.200. The van der Waals surface area contributed by atoms with Crippen molar-refractivity contribution in [2.24, 2.45) is 0 Å². The lowest BCUT2D eigenvalue weighted by atomic mass is 10.3. The summed E-state index contributed by atoms with van der Waals surface area (Å²) >= 11 is 5.92. The van der Waals surface area contributed by atoms with E-state index in [0.29, 0.717) is 0 Å². The van der Waals surface area contributed by atoms with E-state index in [1.54, 1.807) is 24.3 Å². The van der Waals surface area contributed by atoms with E-state index in [0.717, 1.165) is 4.31 Å². The highest BCUT2D eigenvalue weighted by Crippen LogP contribution is 2.23. The zero-order valence-corrected chi connectivity index (χ0v) is 13.4. The van der Waals surface area contributed by atoms with Crippen LogP contribution in [-0.2, 0) is 10.0 Å². The number of hydrogen-bond acceptors (Lipinski definition) is 3. The van der Waals surface area contributed by atoms with Gasteiger partial charge in [-0.1, -0.05) is 35.9 Å². The molecule has 2 aromatic carbocycles. The molecule has 0 N–H and O–H groups in total. The average molecular weight is 344 g/mol. The first kappa shape index (κ1) is 16.7. The Morgan fingerprint density at radius 3 is 2.45 bits per heavy atom. The van der Waals surface area contributed by atoms with Crippen molar-refractivity contribution in [1.29, 1.82) is 0 Å². The Balaban J connectivity index is 2.02. The van der Waals surface area contributed by atoms with Gasteiger partial charge in [0.1, 0.15) is 11.5 Å². The van der Waals surface area contributed by atoms with E-state index >= 15 is 0 Å². The highest BCUT2D eigenvalue weighted by molar-refractivity contribution is 7.89. The molecule has 0 saturated carbocycles. The van der Waals surface area contributed by atoms with Crippen molar-refractivity contribution in [3.05, 3.63) is 59.4 Å². The molecule has 0 atom stereocenters. The predicted molar refractivity (Wildman–Crippen MR) is 83.2 cm³/mol. The summed E-state index contributed by atoms with van der Waals surface area (Å²) < 4.78 is 44.5. The minimum Gasteiger partial charge on any atom is -0.489 e. The molecule has 22 heavy (non-hydrogen) atoms. The summed E-state index contributed by atoms with van der Waals surface area (Å²) in [7, 11) is -2.29. The number of nitrogens with zero attached hydrogens (tertiary/aromatic N) is 1. The number of likely N-dealkylation sites (N-methyl/N-ethyl adjacent to an activating group) is 1. The van der Waals surface area contributed by atoms with E-state index < -0.39 is 15.8 Å². The van der Waals surface area contributed by atoms with Crippen LogP contribution in [0, 0.1) is 5.82 Å². The predicted octanol–water partition coefficient (Wildman–Crippen LogP) is 3.18. The van der Waals surface area contributed by atoms with E-state index in [1.807, 2.05) is 0 Å². The Bertz CT molecular complexity index is 752. The Hall–Kier alpha value is -1.63. The van der Waals surface area contributed by atoms with Gasteiger partial charge in [-0.3, -0.25) is 0 Å². The van der Waals surface area contributed by atoms with Crippen LogP contribution in [0.2, 0.25) is 5.02 Å². The van der Waals surface area contributed by atoms with Crippen LogP contribution in [0.25, 0.3) is 0 Å². The maximum atomic E-state index is 13.4. The Morgan fingerprint density at radius 1 is 1.14 bits per heavy atom. The maximum Gasteiger partial charge on any atom is 0.244 e. The van der Waals surface area contributed by atoms with Crippen LogP contribution >= 0.6 is 11.6 Å². The highest BCUT2D eigenvalue weighted by Gasteiger charge is 2.23. The molecule has 0 unspecified atom stereocenters. The highest BCUT2D eigenvalue weighted by atomic mass is 35.5. The molecule has 0 fully saturated rings. The van der Waals surface area contributed by atoms with Crippen molar-refractivity contribution in [1.82, 2.24) is 4.31 Å². The smallest absolute Gasteiger partial charge is 0.244 e. The largest absolute Gasteiger partial charge is 0.489 e. The van der Waals surface area contributed by atoms with Crippen LogP contribution in [-0.4, -0.2) is 32.9 Å². The third-order valence-electron chi connectivity index (χ3n) is 3.03. The van der Waals surface area contributed by atoms with Gasteiger partial charge >= 0.3 is 0 Å². The zero-order valence-electron chi connectivity index (χ0n) is 11.9. The standard InChI is InChI=1S/C15H15ClFNO3S/c1-18(10-11-21-14-8-4-3-7-13(14)17)22(19,20)15-9-5-2-6-12(15)16/h2-9H,10-11H2,1H3. The van der Waals surface area contributed by atoms with Crippen LogP contribution < -0.4 is 4.74 Å². The molecule has 4 nitrogen and oxygen atoms in total. The summed E-state index contributed by atoms with van der Waals surface area (Å²) in [6, 6.07) is 12.2. The van der Waals surface area contributed by atoms with Crippen molar-refractivity contribution < 1.29 is 17.5 Å². The van der Waals surface area contributed by atoms with Gasteiger partial charge in [0.2, 0.25) is 10.0 Å². The molecule has 0 heterocycles. The molecule has 0 aliphatic carbocycles. The van der Waals surface area contributed by atoms with Crippen LogP contribution in [0.5, 0.6) is 5.75 Å². The molecule has 2 rings (SSSR count). The first-order chi connectivity index (χ1) is 10.4. The number of sulfonamides is 1. The normalized spacial score (nSPS) is 11.6. The lowest BCUT2D eigenvalue weighted by Crippen LogP contribution is -2.31. The number of ether oxygens (including phenoxy) is 1. The Labute approximate surface area is 134 Å². The number of hydrogen-bond donors (Lipinski definition) is 0. The number of para-hydroxylation sites is 1. The summed E-state index contributed by atoms with van der Waals surface area (Å²) in [5.74, 6) is -0.398. The molecule has 0 aromatic heterocycles. The second-order valence-electron chi connectivity index (χ2n) is 4.54. The van der Waals surface area contributed by atoms with E-state index in [-0.39, 0.29) is 28.8 Å². The molecule has 118 valence electrons. The molecular weight excluding hydrogens is 329 g/mol. The summed E-state index contributed by atoms with van der Waals surface area (Å²) in [5.41, 5.74) is 0. The molecular formula is C15H15ClFNO3S. The summed E-state index contributed by atoms with van der Waals surface area (Å²) in [4.78, 5) is 0.0325. The molecule has 0 bridgehead atoms. The quantitative estimate of drug-likeness (QED) is 0.809. The number of rotatable bonds is 6. The van der Waals surface area contributed by atoms with Crippen molar-refractivity contribution >= 4 is 21.6 Å². The molecule has 0 radical (unpaired) electrons. The van der Waals surface area contributed by atoms with Crippen molar-refractivity contribution in [2.45, 2.75) is 4.90 Å². The fourth-order valence-electron chi connectivity index (χ4n) is 1.79. The van der Waals surface area contributed by atoms with Crippen LogP contribution in [0.15, 0.2) is 53.4 Å².